The van der Waals surface area contributed by atoms with E-state index >= 15 is 0 Å². The fourth-order valence-corrected chi connectivity index (χ4v) is 2.84. The van der Waals surface area contributed by atoms with Gasteiger partial charge in [-0.3, -0.25) is 9.59 Å². The predicted molar refractivity (Wildman–Crippen MR) is 79.9 cm³/mol. The molecule has 1 aromatic heterocycles. The molecule has 0 spiro atoms. The fraction of sp³-hybridized carbons (Fsp3) is 0.143. The van der Waals surface area contributed by atoms with Crippen molar-refractivity contribution in [3.8, 4) is 0 Å². The highest BCUT2D eigenvalue weighted by Gasteiger charge is 2.14. The van der Waals surface area contributed by atoms with Crippen molar-refractivity contribution in [2.24, 2.45) is 0 Å². The molecule has 1 aromatic carbocycles. The van der Waals surface area contributed by atoms with Crippen molar-refractivity contribution in [3.05, 3.63) is 55.7 Å². The lowest BCUT2D eigenvalue weighted by Crippen LogP contribution is -2.02. The lowest BCUT2D eigenvalue weighted by Gasteiger charge is -2.00. The third kappa shape index (κ3) is 3.39. The third-order valence-corrected chi connectivity index (χ3v) is 4.44. The monoisotopic (exact) mass is 328 g/mol. The molecule has 0 N–H and O–H groups in total. The second kappa shape index (κ2) is 6.39. The Morgan fingerprint density at radius 1 is 1.15 bits per heavy atom. The van der Waals surface area contributed by atoms with Crippen LogP contribution in [-0.2, 0) is 16.0 Å². The number of carbonyl (C=O) groups excluding carboxylic acids is 2. The quantitative estimate of drug-likeness (QED) is 0.629. The largest absolute Gasteiger partial charge is 0.469 e. The Balaban J connectivity index is 2.21. The number of rotatable bonds is 4. The predicted octanol–water partition coefficient (Wildman–Crippen LogP) is 4.00. The van der Waals surface area contributed by atoms with Crippen molar-refractivity contribution >= 4 is 46.3 Å². The van der Waals surface area contributed by atoms with Gasteiger partial charge in [0.2, 0.25) is 5.78 Å². The number of halogens is 2. The van der Waals surface area contributed by atoms with Crippen molar-refractivity contribution in [2.75, 3.05) is 7.11 Å². The molecule has 0 aliphatic heterocycles. The van der Waals surface area contributed by atoms with Crippen molar-refractivity contribution in [2.45, 2.75) is 6.42 Å². The topological polar surface area (TPSA) is 43.4 Å². The van der Waals surface area contributed by atoms with E-state index in [-0.39, 0.29) is 18.2 Å². The van der Waals surface area contributed by atoms with Gasteiger partial charge in [-0.15, -0.1) is 11.3 Å². The Morgan fingerprint density at radius 3 is 2.55 bits per heavy atom. The van der Waals surface area contributed by atoms with Gasteiger partial charge in [-0.1, -0.05) is 23.2 Å². The molecule has 20 heavy (non-hydrogen) atoms. The number of hydrogen-bond acceptors (Lipinski definition) is 4. The minimum atomic E-state index is -0.333. The van der Waals surface area contributed by atoms with Crippen molar-refractivity contribution in [1.82, 2.24) is 0 Å². The highest BCUT2D eigenvalue weighted by Crippen LogP contribution is 2.26. The number of esters is 1. The van der Waals surface area contributed by atoms with E-state index < -0.39 is 0 Å². The Hall–Kier alpha value is -1.36. The Labute approximate surface area is 130 Å². The summed E-state index contributed by atoms with van der Waals surface area (Å²) in [5.41, 5.74) is 0.464. The number of ether oxygens (including phenoxy) is 1. The SMILES string of the molecule is COC(=O)Cc1ccc(C(=O)c2ccc(Cl)c(Cl)c2)s1. The normalized spacial score (nSPS) is 10.3. The van der Waals surface area contributed by atoms with Crippen LogP contribution in [0.15, 0.2) is 30.3 Å². The maximum absolute atomic E-state index is 12.3. The van der Waals surface area contributed by atoms with Crippen molar-refractivity contribution < 1.29 is 14.3 Å². The number of hydrogen-bond donors (Lipinski definition) is 0. The van der Waals surface area contributed by atoms with Gasteiger partial charge >= 0.3 is 5.97 Å². The smallest absolute Gasteiger partial charge is 0.310 e. The molecule has 104 valence electrons. The van der Waals surface area contributed by atoms with Crippen LogP contribution in [0.2, 0.25) is 10.0 Å². The minimum absolute atomic E-state index is 0.148. The summed E-state index contributed by atoms with van der Waals surface area (Å²) < 4.78 is 4.59. The first-order valence-corrected chi connectivity index (χ1v) is 7.24. The van der Waals surface area contributed by atoms with Crippen molar-refractivity contribution in [3.63, 3.8) is 0 Å². The Morgan fingerprint density at radius 2 is 1.90 bits per heavy atom. The Bertz CT molecular complexity index is 664. The molecule has 0 unspecified atom stereocenters. The summed E-state index contributed by atoms with van der Waals surface area (Å²) in [5.74, 6) is -0.481. The molecule has 6 heteroatoms. The van der Waals surface area contributed by atoms with Gasteiger partial charge in [0.1, 0.15) is 0 Å². The first kappa shape index (κ1) is 15.0. The molecule has 0 saturated heterocycles. The summed E-state index contributed by atoms with van der Waals surface area (Å²) in [6.45, 7) is 0. The third-order valence-electron chi connectivity index (χ3n) is 2.61. The average Bonchev–Trinajstić information content (AvgIpc) is 2.89. The maximum atomic E-state index is 12.3. The molecular weight excluding hydrogens is 319 g/mol. The van der Waals surface area contributed by atoms with E-state index in [0.29, 0.717) is 20.5 Å². The molecule has 0 radical (unpaired) electrons. The van der Waals surface area contributed by atoms with E-state index in [9.17, 15) is 9.59 Å². The lowest BCUT2D eigenvalue weighted by molar-refractivity contribution is -0.139. The van der Waals surface area contributed by atoms with Crippen LogP contribution in [-0.4, -0.2) is 18.9 Å². The first-order valence-electron chi connectivity index (χ1n) is 5.66. The zero-order valence-electron chi connectivity index (χ0n) is 10.5. The molecule has 2 aromatic rings. The van der Waals surface area contributed by atoms with E-state index in [2.05, 4.69) is 4.74 Å². The van der Waals surface area contributed by atoms with Crippen LogP contribution < -0.4 is 0 Å². The summed E-state index contributed by atoms with van der Waals surface area (Å²) in [7, 11) is 1.33. The summed E-state index contributed by atoms with van der Waals surface area (Å²) in [6.07, 6.45) is 0.163. The van der Waals surface area contributed by atoms with Gasteiger partial charge in [0.15, 0.2) is 0 Å². The molecule has 0 aliphatic rings. The van der Waals surface area contributed by atoms with E-state index in [4.69, 9.17) is 23.2 Å². The summed E-state index contributed by atoms with van der Waals surface area (Å²) in [4.78, 5) is 24.8. The minimum Gasteiger partial charge on any atom is -0.469 e. The number of ketones is 1. The van der Waals surface area contributed by atoms with Gasteiger partial charge in [-0.2, -0.15) is 0 Å². The molecule has 0 aliphatic carbocycles. The highest BCUT2D eigenvalue weighted by molar-refractivity contribution is 7.14. The van der Waals surface area contributed by atoms with Gasteiger partial charge < -0.3 is 4.74 Å². The van der Waals surface area contributed by atoms with Crippen LogP contribution >= 0.6 is 34.5 Å². The molecule has 0 amide bonds. The number of benzene rings is 1. The van der Waals surface area contributed by atoms with E-state index in [1.54, 1.807) is 24.3 Å². The molecule has 3 nitrogen and oxygen atoms in total. The summed E-state index contributed by atoms with van der Waals surface area (Å²) in [5, 5.41) is 0.740. The molecule has 0 atom stereocenters. The molecular formula is C14H10Cl2O3S. The molecule has 1 heterocycles. The van der Waals surface area contributed by atoms with Crippen molar-refractivity contribution in [1.29, 1.82) is 0 Å². The molecule has 2 rings (SSSR count). The summed E-state index contributed by atoms with van der Waals surface area (Å²) in [6, 6.07) is 8.17. The van der Waals surface area contributed by atoms with E-state index in [0.717, 1.165) is 4.88 Å². The van der Waals surface area contributed by atoms with E-state index in [1.807, 2.05) is 0 Å². The van der Waals surface area contributed by atoms with Crippen LogP contribution in [0.5, 0.6) is 0 Å². The molecule has 0 saturated carbocycles. The van der Waals surface area contributed by atoms with Gasteiger partial charge in [-0.25, -0.2) is 0 Å². The van der Waals surface area contributed by atoms with Gasteiger partial charge in [-0.05, 0) is 30.3 Å². The summed E-state index contributed by atoms with van der Waals surface area (Å²) >= 11 is 13.0. The van der Waals surface area contributed by atoms with Crippen LogP contribution in [0.3, 0.4) is 0 Å². The molecule has 0 fully saturated rings. The average molecular weight is 329 g/mol. The lowest BCUT2D eigenvalue weighted by atomic mass is 10.1. The Kier molecular flexibility index (Phi) is 4.81. The zero-order chi connectivity index (χ0) is 14.7. The van der Waals surface area contributed by atoms with Gasteiger partial charge in [0.05, 0.1) is 28.5 Å². The van der Waals surface area contributed by atoms with Crippen LogP contribution in [0.1, 0.15) is 20.1 Å². The van der Waals surface area contributed by atoms with E-state index in [1.165, 1.54) is 24.5 Å². The highest BCUT2D eigenvalue weighted by atomic mass is 35.5. The number of carbonyl (C=O) groups is 2. The van der Waals surface area contributed by atoms with Crippen LogP contribution in [0.25, 0.3) is 0 Å². The standard InChI is InChI=1S/C14H10Cl2O3S/c1-19-13(17)7-9-3-5-12(20-9)14(18)8-2-4-10(15)11(16)6-8/h2-6H,7H2,1H3. The van der Waals surface area contributed by atoms with Crippen LogP contribution in [0, 0.1) is 0 Å². The second-order valence-corrected chi connectivity index (χ2v) is 5.96. The second-order valence-electron chi connectivity index (χ2n) is 3.98. The first-order chi connectivity index (χ1) is 9.51. The molecule has 0 bridgehead atoms. The zero-order valence-corrected chi connectivity index (χ0v) is 12.8. The van der Waals surface area contributed by atoms with Gasteiger partial charge in [0, 0.05) is 10.4 Å². The number of methoxy groups -OCH3 is 1. The van der Waals surface area contributed by atoms with Crippen LogP contribution in [0.4, 0.5) is 0 Å². The maximum Gasteiger partial charge on any atom is 0.310 e. The fourth-order valence-electron chi connectivity index (χ4n) is 1.59. The number of thiophene rings is 1. The van der Waals surface area contributed by atoms with Gasteiger partial charge in [0.25, 0.3) is 0 Å².